The van der Waals surface area contributed by atoms with Crippen molar-refractivity contribution in [2.75, 3.05) is 26.4 Å². The first-order valence-corrected chi connectivity index (χ1v) is 9.44. The summed E-state index contributed by atoms with van der Waals surface area (Å²) in [6.45, 7) is 2.98. The summed E-state index contributed by atoms with van der Waals surface area (Å²) in [5, 5.41) is 2.97. The van der Waals surface area contributed by atoms with Crippen LogP contribution in [0.4, 0.5) is 0 Å². The van der Waals surface area contributed by atoms with Gasteiger partial charge >= 0.3 is 0 Å². The molecule has 0 saturated carbocycles. The lowest BCUT2D eigenvalue weighted by atomic mass is 9.97. The molecule has 1 aromatic heterocycles. The van der Waals surface area contributed by atoms with Gasteiger partial charge in [0, 0.05) is 32.0 Å². The Kier molecular flexibility index (Phi) is 6.86. The molecule has 1 saturated heterocycles. The molecule has 1 aliphatic heterocycles. The predicted molar refractivity (Wildman–Crippen MR) is 96.8 cm³/mol. The Balaban J connectivity index is 1.39. The zero-order valence-electron chi connectivity index (χ0n) is 14.8. The third-order valence-electron chi connectivity index (χ3n) is 4.92. The lowest BCUT2D eigenvalue weighted by Crippen LogP contribution is -2.25. The van der Waals surface area contributed by atoms with Crippen LogP contribution in [-0.2, 0) is 4.74 Å². The number of amides is 1. The van der Waals surface area contributed by atoms with E-state index in [0.29, 0.717) is 30.5 Å². The summed E-state index contributed by atoms with van der Waals surface area (Å²) in [4.78, 5) is 16.4. The highest BCUT2D eigenvalue weighted by Gasteiger charge is 2.15. The number of rotatable bonds is 7. The Morgan fingerprint density at radius 3 is 2.88 bits per heavy atom. The van der Waals surface area contributed by atoms with Gasteiger partial charge in [0.25, 0.3) is 5.91 Å². The van der Waals surface area contributed by atoms with Crippen molar-refractivity contribution in [1.29, 1.82) is 0 Å². The molecule has 0 atom stereocenters. The molecule has 0 bridgehead atoms. The van der Waals surface area contributed by atoms with Crippen LogP contribution in [0, 0.1) is 5.92 Å². The van der Waals surface area contributed by atoms with Gasteiger partial charge in [-0.25, -0.2) is 4.98 Å². The Morgan fingerprint density at radius 2 is 2.16 bits per heavy atom. The molecule has 5 heteroatoms. The van der Waals surface area contributed by atoms with Crippen LogP contribution in [0.15, 0.2) is 30.0 Å². The number of allylic oxidation sites excluding steroid dienone is 1. The number of carbonyl (C=O) groups is 1. The van der Waals surface area contributed by atoms with Gasteiger partial charge in [0.2, 0.25) is 5.88 Å². The summed E-state index contributed by atoms with van der Waals surface area (Å²) in [6.07, 6.45) is 11.9. The number of pyridine rings is 1. The largest absolute Gasteiger partial charge is 0.477 e. The van der Waals surface area contributed by atoms with E-state index in [1.807, 2.05) is 0 Å². The zero-order valence-corrected chi connectivity index (χ0v) is 14.8. The van der Waals surface area contributed by atoms with E-state index in [1.165, 1.54) is 31.3 Å². The van der Waals surface area contributed by atoms with Gasteiger partial charge in [-0.1, -0.05) is 11.6 Å². The maximum Gasteiger partial charge on any atom is 0.252 e. The van der Waals surface area contributed by atoms with Gasteiger partial charge in [-0.3, -0.25) is 4.79 Å². The fourth-order valence-corrected chi connectivity index (χ4v) is 3.29. The minimum atomic E-state index is -0.0695. The van der Waals surface area contributed by atoms with Crippen LogP contribution in [0.1, 0.15) is 55.3 Å². The van der Waals surface area contributed by atoms with Crippen molar-refractivity contribution in [3.05, 3.63) is 35.5 Å². The quantitative estimate of drug-likeness (QED) is 0.769. The minimum Gasteiger partial charge on any atom is -0.477 e. The van der Waals surface area contributed by atoms with E-state index in [-0.39, 0.29) is 5.91 Å². The van der Waals surface area contributed by atoms with Gasteiger partial charge in [0.1, 0.15) is 0 Å². The maximum atomic E-state index is 12.2. The monoisotopic (exact) mass is 344 g/mol. The first-order valence-electron chi connectivity index (χ1n) is 9.44. The van der Waals surface area contributed by atoms with Gasteiger partial charge in [-0.15, -0.1) is 0 Å². The summed E-state index contributed by atoms with van der Waals surface area (Å²) in [5.74, 6) is 1.04. The molecule has 1 aromatic rings. The molecule has 1 N–H and O–H groups in total. The minimum absolute atomic E-state index is 0.0695. The number of nitrogens with one attached hydrogen (secondary N) is 1. The summed E-state index contributed by atoms with van der Waals surface area (Å²) in [7, 11) is 0. The molecule has 0 radical (unpaired) electrons. The molecule has 2 heterocycles. The highest BCUT2D eigenvalue weighted by molar-refractivity contribution is 5.93. The third-order valence-corrected chi connectivity index (χ3v) is 4.92. The van der Waals surface area contributed by atoms with Crippen molar-refractivity contribution in [2.24, 2.45) is 5.92 Å². The smallest absolute Gasteiger partial charge is 0.252 e. The fourth-order valence-electron chi connectivity index (χ4n) is 3.29. The Hall–Kier alpha value is -1.88. The van der Waals surface area contributed by atoms with E-state index in [0.717, 1.165) is 32.5 Å². The lowest BCUT2D eigenvalue weighted by Gasteiger charge is -2.21. The lowest BCUT2D eigenvalue weighted by molar-refractivity contribution is 0.0490. The van der Waals surface area contributed by atoms with E-state index >= 15 is 0 Å². The van der Waals surface area contributed by atoms with Gasteiger partial charge in [-0.2, -0.15) is 0 Å². The Bertz CT molecular complexity index is 577. The number of hydrogen-bond donors (Lipinski definition) is 1. The van der Waals surface area contributed by atoms with E-state index in [4.69, 9.17) is 9.47 Å². The molecule has 1 amide bonds. The van der Waals surface area contributed by atoms with Crippen LogP contribution >= 0.6 is 0 Å². The third kappa shape index (κ3) is 5.85. The van der Waals surface area contributed by atoms with E-state index < -0.39 is 0 Å². The van der Waals surface area contributed by atoms with Crippen LogP contribution in [0.3, 0.4) is 0 Å². The van der Waals surface area contributed by atoms with Gasteiger partial charge in [0.15, 0.2) is 0 Å². The molecule has 1 fully saturated rings. The molecule has 3 rings (SSSR count). The summed E-state index contributed by atoms with van der Waals surface area (Å²) in [5.41, 5.74) is 2.05. The van der Waals surface area contributed by atoms with Crippen LogP contribution < -0.4 is 10.1 Å². The fraction of sp³-hybridized carbons (Fsp3) is 0.600. The van der Waals surface area contributed by atoms with Crippen molar-refractivity contribution in [2.45, 2.75) is 44.9 Å². The predicted octanol–water partition coefficient (Wildman–Crippen LogP) is 3.51. The van der Waals surface area contributed by atoms with Crippen LogP contribution in [0.5, 0.6) is 5.88 Å². The summed E-state index contributed by atoms with van der Waals surface area (Å²) >= 11 is 0. The van der Waals surface area contributed by atoms with Crippen molar-refractivity contribution in [3.8, 4) is 5.88 Å². The van der Waals surface area contributed by atoms with E-state index in [2.05, 4.69) is 16.4 Å². The second-order valence-corrected chi connectivity index (χ2v) is 6.87. The van der Waals surface area contributed by atoms with Crippen LogP contribution in [0.25, 0.3) is 0 Å². The molecule has 136 valence electrons. The Morgan fingerprint density at radius 1 is 1.28 bits per heavy atom. The highest BCUT2D eigenvalue weighted by atomic mass is 16.5. The highest BCUT2D eigenvalue weighted by Crippen LogP contribution is 2.19. The second kappa shape index (κ2) is 9.56. The molecule has 1 aliphatic carbocycles. The molecule has 25 heavy (non-hydrogen) atoms. The van der Waals surface area contributed by atoms with Gasteiger partial charge in [0.05, 0.1) is 12.2 Å². The Labute approximate surface area is 149 Å². The molecule has 2 aliphatic rings. The van der Waals surface area contributed by atoms with Gasteiger partial charge in [-0.05, 0) is 56.9 Å². The topological polar surface area (TPSA) is 60.5 Å². The number of nitrogens with zero attached hydrogens (tertiary/aromatic N) is 1. The average Bonchev–Trinajstić information content (AvgIpc) is 2.68. The van der Waals surface area contributed by atoms with Crippen molar-refractivity contribution < 1.29 is 14.3 Å². The summed E-state index contributed by atoms with van der Waals surface area (Å²) < 4.78 is 11.1. The van der Waals surface area contributed by atoms with Crippen LogP contribution in [-0.4, -0.2) is 37.3 Å². The standard InChI is InChI=1S/C20H28N2O3/c23-20(21-11-8-16-4-2-1-3-5-16)18-6-7-19(22-14-18)25-15-17-9-12-24-13-10-17/h4,6-7,14,17H,1-3,5,8-13,15H2,(H,21,23). The SMILES string of the molecule is O=C(NCCC1=CCCCC1)c1ccc(OCC2CCOCC2)nc1. The van der Waals surface area contributed by atoms with Crippen molar-refractivity contribution in [1.82, 2.24) is 10.3 Å². The molecule has 0 aromatic carbocycles. The van der Waals surface area contributed by atoms with Crippen molar-refractivity contribution in [3.63, 3.8) is 0 Å². The number of carbonyl (C=O) groups excluding carboxylic acids is 1. The second-order valence-electron chi connectivity index (χ2n) is 6.87. The molecule has 0 unspecified atom stereocenters. The van der Waals surface area contributed by atoms with E-state index in [1.54, 1.807) is 18.3 Å². The summed E-state index contributed by atoms with van der Waals surface area (Å²) in [6, 6.07) is 3.55. The average molecular weight is 344 g/mol. The van der Waals surface area contributed by atoms with E-state index in [9.17, 15) is 4.79 Å². The van der Waals surface area contributed by atoms with Crippen molar-refractivity contribution >= 4 is 5.91 Å². The maximum absolute atomic E-state index is 12.2. The number of aromatic nitrogens is 1. The molecule has 5 nitrogen and oxygen atoms in total. The normalized spacial score (nSPS) is 18.5. The van der Waals surface area contributed by atoms with Gasteiger partial charge < -0.3 is 14.8 Å². The first-order chi connectivity index (χ1) is 12.3. The van der Waals surface area contributed by atoms with Crippen LogP contribution in [0.2, 0.25) is 0 Å². The number of hydrogen-bond acceptors (Lipinski definition) is 4. The number of ether oxygens (including phenoxy) is 2. The first kappa shape index (κ1) is 17.9. The zero-order chi connectivity index (χ0) is 17.3. The molecule has 0 spiro atoms. The molecular formula is C20H28N2O3. The molecular weight excluding hydrogens is 316 g/mol.